The van der Waals surface area contributed by atoms with Gasteiger partial charge in [0.25, 0.3) is 0 Å². The van der Waals surface area contributed by atoms with Crippen LogP contribution < -0.4 is 16.0 Å². The minimum Gasteiger partial charge on any atom is -0.411 e. The number of anilines is 2. The quantitative estimate of drug-likeness (QED) is 0.173. The van der Waals surface area contributed by atoms with Crippen molar-refractivity contribution in [3.8, 4) is 11.6 Å². The maximum atomic E-state index is 11.7. The fourth-order valence-electron chi connectivity index (χ4n) is 6.45. The molecule has 0 aromatic carbocycles. The topological polar surface area (TPSA) is 174 Å². The van der Waals surface area contributed by atoms with E-state index in [9.17, 15) is 10.0 Å². The molecule has 214 valence electrons. The molecule has 3 aromatic rings. The summed E-state index contributed by atoms with van der Waals surface area (Å²) in [6.07, 6.45) is 11.3. The molecular formula is C27H38N10O3. The standard InChI is InChI=1S/C27H38N10O3/c1-15(18-10-6-11-18)29-22-21-23(31-24(30-22)25-33-27(38)40-35-25)32-26(37(21)14-17-8-4-3-5-9-17)36-13-7-12-19(36)20(28)16(2)34-39/h15,17-19,28,39H,3-14H2,1-2H3,(H,29,30,31)(H,33,35,38)/b28-20?,34-16-/t15-,19?/m1/s1. The molecule has 1 aliphatic heterocycles. The molecule has 1 unspecified atom stereocenters. The molecule has 0 spiro atoms. The van der Waals surface area contributed by atoms with Gasteiger partial charge in [-0.1, -0.05) is 36.0 Å². The SMILES string of the molecule is C/C(=N/O)C(=N)C1CCCN1c1nc2nc(-c3noc(=O)[nH]3)nc(N[C@H](C)C3CCC3)c2n1CC1CCCCC1. The minimum atomic E-state index is -0.668. The van der Waals surface area contributed by atoms with Gasteiger partial charge in [0.15, 0.2) is 11.5 Å². The third-order valence-electron chi connectivity index (χ3n) is 9.00. The van der Waals surface area contributed by atoms with E-state index in [1.807, 2.05) is 0 Å². The molecule has 13 heteroatoms. The van der Waals surface area contributed by atoms with Crippen molar-refractivity contribution in [2.75, 3.05) is 16.8 Å². The van der Waals surface area contributed by atoms with Gasteiger partial charge < -0.3 is 25.4 Å². The molecule has 3 aliphatic rings. The number of hydrogen-bond acceptors (Lipinski definition) is 11. The van der Waals surface area contributed by atoms with E-state index in [1.165, 1.54) is 38.5 Å². The highest BCUT2D eigenvalue weighted by molar-refractivity contribution is 6.42. The zero-order chi connectivity index (χ0) is 27.8. The summed E-state index contributed by atoms with van der Waals surface area (Å²) in [6.45, 7) is 5.36. The average molecular weight is 551 g/mol. The number of oxime groups is 1. The first kappa shape index (κ1) is 26.5. The smallest absolute Gasteiger partial charge is 0.411 e. The summed E-state index contributed by atoms with van der Waals surface area (Å²) < 4.78 is 6.99. The lowest BCUT2D eigenvalue weighted by atomic mass is 9.80. The van der Waals surface area contributed by atoms with Crippen molar-refractivity contribution in [2.45, 2.75) is 96.7 Å². The van der Waals surface area contributed by atoms with Gasteiger partial charge in [0.1, 0.15) is 5.52 Å². The van der Waals surface area contributed by atoms with Crippen LogP contribution in [0.5, 0.6) is 0 Å². The third kappa shape index (κ3) is 4.97. The summed E-state index contributed by atoms with van der Waals surface area (Å²) in [5.74, 6) is 2.22. The molecule has 4 N–H and O–H groups in total. The van der Waals surface area contributed by atoms with Crippen LogP contribution in [0.2, 0.25) is 0 Å². The number of nitrogens with one attached hydrogen (secondary N) is 3. The lowest BCUT2D eigenvalue weighted by molar-refractivity contribution is 0.285. The van der Waals surface area contributed by atoms with Crippen LogP contribution in [0.3, 0.4) is 0 Å². The van der Waals surface area contributed by atoms with Crippen molar-refractivity contribution in [2.24, 2.45) is 17.0 Å². The van der Waals surface area contributed by atoms with Crippen molar-refractivity contribution in [1.82, 2.24) is 29.7 Å². The average Bonchev–Trinajstić information content (AvgIpc) is 3.66. The first-order valence-electron chi connectivity index (χ1n) is 14.6. The first-order valence-corrected chi connectivity index (χ1v) is 14.6. The summed E-state index contributed by atoms with van der Waals surface area (Å²) in [4.78, 5) is 31.1. The molecule has 3 aromatic heterocycles. The second-order valence-corrected chi connectivity index (χ2v) is 11.6. The van der Waals surface area contributed by atoms with E-state index in [0.29, 0.717) is 34.7 Å². The third-order valence-corrected chi connectivity index (χ3v) is 9.00. The maximum absolute atomic E-state index is 11.7. The Balaban J connectivity index is 1.50. The van der Waals surface area contributed by atoms with E-state index in [2.05, 4.69) is 37.0 Å². The van der Waals surface area contributed by atoms with Gasteiger partial charge in [-0.15, -0.1) is 0 Å². The summed E-state index contributed by atoms with van der Waals surface area (Å²) in [5, 5.41) is 28.9. The number of aromatic nitrogens is 6. The molecule has 2 saturated carbocycles. The predicted molar refractivity (Wildman–Crippen MR) is 151 cm³/mol. The zero-order valence-corrected chi connectivity index (χ0v) is 23.2. The number of hydrogen-bond donors (Lipinski definition) is 4. The maximum Gasteiger partial charge on any atom is 0.439 e. The second kappa shape index (κ2) is 11.0. The monoisotopic (exact) mass is 550 g/mol. The van der Waals surface area contributed by atoms with Gasteiger partial charge in [-0.2, -0.15) is 4.98 Å². The highest BCUT2D eigenvalue weighted by Gasteiger charge is 2.35. The van der Waals surface area contributed by atoms with E-state index in [0.717, 1.165) is 50.2 Å². The van der Waals surface area contributed by atoms with Crippen LogP contribution >= 0.6 is 0 Å². The molecule has 0 radical (unpaired) electrons. The molecule has 40 heavy (non-hydrogen) atoms. The normalized spacial score (nSPS) is 21.6. The van der Waals surface area contributed by atoms with Crippen LogP contribution in [0.4, 0.5) is 11.8 Å². The van der Waals surface area contributed by atoms with Crippen LogP contribution in [0.15, 0.2) is 14.5 Å². The molecule has 6 rings (SSSR count). The number of aromatic amines is 1. The molecule has 2 atom stereocenters. The van der Waals surface area contributed by atoms with Gasteiger partial charge in [-0.05, 0) is 64.2 Å². The van der Waals surface area contributed by atoms with E-state index in [4.69, 9.17) is 24.9 Å². The molecule has 4 heterocycles. The Kier molecular flexibility index (Phi) is 7.28. The summed E-state index contributed by atoms with van der Waals surface area (Å²) >= 11 is 0. The van der Waals surface area contributed by atoms with Gasteiger partial charge in [0, 0.05) is 19.1 Å². The van der Waals surface area contributed by atoms with Gasteiger partial charge >= 0.3 is 5.76 Å². The van der Waals surface area contributed by atoms with E-state index in [1.54, 1.807) is 6.92 Å². The number of fused-ring (bicyclic) bond motifs is 1. The first-order chi connectivity index (χ1) is 19.4. The van der Waals surface area contributed by atoms with Crippen LogP contribution in [-0.4, -0.2) is 64.9 Å². The lowest BCUT2D eigenvalue weighted by Crippen LogP contribution is -2.40. The number of imidazole rings is 1. The Morgan fingerprint density at radius 1 is 1.15 bits per heavy atom. The largest absolute Gasteiger partial charge is 0.439 e. The van der Waals surface area contributed by atoms with Gasteiger partial charge in [0.2, 0.25) is 17.6 Å². The van der Waals surface area contributed by atoms with Crippen molar-refractivity contribution >= 4 is 34.4 Å². The van der Waals surface area contributed by atoms with Crippen LogP contribution in [0.25, 0.3) is 22.8 Å². The Morgan fingerprint density at radius 3 is 2.62 bits per heavy atom. The number of rotatable bonds is 9. The van der Waals surface area contributed by atoms with Gasteiger partial charge in [-0.25, -0.2) is 14.8 Å². The molecule has 3 fully saturated rings. The van der Waals surface area contributed by atoms with E-state index < -0.39 is 5.76 Å². The molecule has 0 amide bonds. The molecule has 1 saturated heterocycles. The highest BCUT2D eigenvalue weighted by Crippen LogP contribution is 2.37. The second-order valence-electron chi connectivity index (χ2n) is 11.6. The van der Waals surface area contributed by atoms with Crippen molar-refractivity contribution in [3.05, 3.63) is 10.6 Å². The minimum absolute atomic E-state index is 0.158. The van der Waals surface area contributed by atoms with Crippen molar-refractivity contribution < 1.29 is 9.73 Å². The number of nitrogens with zero attached hydrogens (tertiary/aromatic N) is 7. The van der Waals surface area contributed by atoms with Crippen molar-refractivity contribution in [1.29, 1.82) is 5.41 Å². The summed E-state index contributed by atoms with van der Waals surface area (Å²) in [5.41, 5.74) is 1.93. The molecule has 13 nitrogen and oxygen atoms in total. The fourth-order valence-corrected chi connectivity index (χ4v) is 6.45. The Bertz CT molecular complexity index is 1460. The summed E-state index contributed by atoms with van der Waals surface area (Å²) in [7, 11) is 0. The highest BCUT2D eigenvalue weighted by atomic mass is 16.5. The molecular weight excluding hydrogens is 512 g/mol. The van der Waals surface area contributed by atoms with Gasteiger partial charge in [0.05, 0.1) is 17.5 Å². The Morgan fingerprint density at radius 2 is 1.95 bits per heavy atom. The van der Waals surface area contributed by atoms with Crippen LogP contribution in [-0.2, 0) is 6.54 Å². The van der Waals surface area contributed by atoms with Crippen molar-refractivity contribution in [3.63, 3.8) is 0 Å². The fraction of sp³-hybridized carbons (Fsp3) is 0.667. The lowest BCUT2D eigenvalue weighted by Gasteiger charge is -2.32. The van der Waals surface area contributed by atoms with Crippen LogP contribution in [0, 0.1) is 17.2 Å². The number of H-pyrrole nitrogens is 1. The zero-order valence-electron chi connectivity index (χ0n) is 23.2. The van der Waals surface area contributed by atoms with E-state index in [-0.39, 0.29) is 23.7 Å². The molecule has 2 aliphatic carbocycles. The molecule has 0 bridgehead atoms. The van der Waals surface area contributed by atoms with Crippen LogP contribution in [0.1, 0.15) is 78.1 Å². The predicted octanol–water partition coefficient (Wildman–Crippen LogP) is 4.19. The van der Waals surface area contributed by atoms with Gasteiger partial charge in [-0.3, -0.25) is 9.51 Å². The summed E-state index contributed by atoms with van der Waals surface area (Å²) in [6, 6.07) is -0.0453. The Hall–Kier alpha value is -3.77. The van der Waals surface area contributed by atoms with E-state index >= 15 is 0 Å². The Labute approximate surface area is 232 Å².